The third kappa shape index (κ3) is 6.21. The Morgan fingerprint density at radius 2 is 1.63 bits per heavy atom. The zero-order valence-electron chi connectivity index (χ0n) is 17.6. The fourth-order valence-electron chi connectivity index (χ4n) is 3.51. The summed E-state index contributed by atoms with van der Waals surface area (Å²) < 4.78 is 25.5. The molecule has 162 valence electrons. The molecule has 7 nitrogen and oxygen atoms in total. The first-order chi connectivity index (χ1) is 14.3. The van der Waals surface area contributed by atoms with E-state index >= 15 is 0 Å². The van der Waals surface area contributed by atoms with E-state index in [1.165, 1.54) is 10.6 Å². The Balaban J connectivity index is 1.49. The van der Waals surface area contributed by atoms with Gasteiger partial charge in [-0.05, 0) is 49.9 Å². The molecule has 8 heteroatoms. The maximum Gasteiger partial charge on any atom is 0.232 e. The minimum absolute atomic E-state index is 0.121. The molecule has 0 aromatic heterocycles. The molecule has 1 heterocycles. The maximum absolute atomic E-state index is 12.3. The first kappa shape index (κ1) is 22.1. The fourth-order valence-corrected chi connectivity index (χ4v) is 4.47. The van der Waals surface area contributed by atoms with Crippen LogP contribution in [0.25, 0.3) is 0 Å². The molecule has 0 atom stereocenters. The lowest BCUT2D eigenvalue weighted by Crippen LogP contribution is -2.44. The molecule has 0 spiro atoms. The highest BCUT2D eigenvalue weighted by Crippen LogP contribution is 2.20. The molecular formula is C22H30N4O3S. The Hall–Kier alpha value is -2.58. The smallest absolute Gasteiger partial charge is 0.232 e. The normalized spacial score (nSPS) is 15.1. The summed E-state index contributed by atoms with van der Waals surface area (Å²) in [6, 6.07) is 16.8. The molecule has 0 unspecified atom stereocenters. The van der Waals surface area contributed by atoms with Gasteiger partial charge in [-0.15, -0.1) is 0 Å². The summed E-state index contributed by atoms with van der Waals surface area (Å²) in [7, 11) is -1.27. The number of nitrogens with zero attached hydrogens (tertiary/aromatic N) is 3. The van der Waals surface area contributed by atoms with Crippen LogP contribution in [-0.2, 0) is 14.8 Å². The van der Waals surface area contributed by atoms with Crippen molar-refractivity contribution in [2.45, 2.75) is 12.8 Å². The molecule has 3 rings (SSSR count). The lowest BCUT2D eigenvalue weighted by Gasteiger charge is -2.34. The molecule has 0 aliphatic carbocycles. The van der Waals surface area contributed by atoms with Crippen LogP contribution in [0.15, 0.2) is 54.6 Å². The van der Waals surface area contributed by atoms with Gasteiger partial charge in [-0.25, -0.2) is 8.42 Å². The van der Waals surface area contributed by atoms with E-state index < -0.39 is 10.0 Å². The van der Waals surface area contributed by atoms with Gasteiger partial charge in [-0.3, -0.25) is 9.10 Å². The van der Waals surface area contributed by atoms with E-state index in [9.17, 15) is 13.2 Å². The highest BCUT2D eigenvalue weighted by Gasteiger charge is 2.17. The topological polar surface area (TPSA) is 73.0 Å². The second kappa shape index (κ2) is 9.95. The van der Waals surface area contributed by atoms with Gasteiger partial charge in [0.1, 0.15) is 0 Å². The Morgan fingerprint density at radius 3 is 2.23 bits per heavy atom. The van der Waals surface area contributed by atoms with Crippen molar-refractivity contribution in [3.8, 4) is 0 Å². The highest BCUT2D eigenvalue weighted by molar-refractivity contribution is 7.92. The standard InChI is InChI=1S/C22H30N4O3S/c1-24-15-17-25(18-16-24)20-12-10-19(11-13-20)23-22(27)9-6-14-26(30(2,28)29)21-7-4-3-5-8-21/h3-5,7-8,10-13H,6,9,14-18H2,1-2H3,(H,23,27). The number of nitrogens with one attached hydrogen (secondary N) is 1. The van der Waals surface area contributed by atoms with E-state index in [4.69, 9.17) is 0 Å². The van der Waals surface area contributed by atoms with Crippen LogP contribution in [0.4, 0.5) is 17.1 Å². The summed E-state index contributed by atoms with van der Waals surface area (Å²) in [4.78, 5) is 17.0. The van der Waals surface area contributed by atoms with Crippen molar-refractivity contribution in [2.24, 2.45) is 0 Å². The van der Waals surface area contributed by atoms with Crippen molar-refractivity contribution in [3.63, 3.8) is 0 Å². The second-order valence-electron chi connectivity index (χ2n) is 7.66. The number of piperazine rings is 1. The van der Waals surface area contributed by atoms with E-state index in [1.807, 2.05) is 30.3 Å². The summed E-state index contributed by atoms with van der Waals surface area (Å²) in [6.45, 7) is 4.36. The van der Waals surface area contributed by atoms with Crippen molar-refractivity contribution in [1.29, 1.82) is 0 Å². The zero-order chi connectivity index (χ0) is 21.6. The summed E-state index contributed by atoms with van der Waals surface area (Å²) in [6.07, 6.45) is 1.87. The molecule has 1 aliphatic rings. The second-order valence-corrected chi connectivity index (χ2v) is 9.57. The van der Waals surface area contributed by atoms with Crippen LogP contribution in [0.5, 0.6) is 0 Å². The van der Waals surface area contributed by atoms with Gasteiger partial charge in [0.15, 0.2) is 0 Å². The van der Waals surface area contributed by atoms with Gasteiger partial charge in [0, 0.05) is 50.5 Å². The molecule has 1 saturated heterocycles. The SMILES string of the molecule is CN1CCN(c2ccc(NC(=O)CCCN(c3ccccc3)S(C)(=O)=O)cc2)CC1. The number of carbonyl (C=O) groups is 1. The largest absolute Gasteiger partial charge is 0.369 e. The molecule has 2 aromatic rings. The lowest BCUT2D eigenvalue weighted by molar-refractivity contribution is -0.116. The Morgan fingerprint density at radius 1 is 1.00 bits per heavy atom. The van der Waals surface area contributed by atoms with Crippen LogP contribution in [0.1, 0.15) is 12.8 Å². The summed E-state index contributed by atoms with van der Waals surface area (Å²) in [5, 5.41) is 2.90. The summed E-state index contributed by atoms with van der Waals surface area (Å²) in [5.41, 5.74) is 2.52. The van der Waals surface area contributed by atoms with E-state index in [2.05, 4.69) is 22.2 Å². The van der Waals surface area contributed by atoms with E-state index in [0.29, 0.717) is 12.1 Å². The molecule has 1 aliphatic heterocycles. The molecule has 0 saturated carbocycles. The first-order valence-electron chi connectivity index (χ1n) is 10.2. The number of carbonyl (C=O) groups excluding carboxylic acids is 1. The van der Waals surface area contributed by atoms with Crippen molar-refractivity contribution < 1.29 is 13.2 Å². The van der Waals surface area contributed by atoms with Crippen LogP contribution in [0.2, 0.25) is 0 Å². The van der Waals surface area contributed by atoms with Gasteiger partial charge in [0.2, 0.25) is 15.9 Å². The summed E-state index contributed by atoms with van der Waals surface area (Å²) >= 11 is 0. The summed E-state index contributed by atoms with van der Waals surface area (Å²) in [5.74, 6) is -0.121. The third-order valence-electron chi connectivity index (χ3n) is 5.23. The van der Waals surface area contributed by atoms with Crippen LogP contribution < -0.4 is 14.5 Å². The number of hydrogen-bond acceptors (Lipinski definition) is 5. The quantitative estimate of drug-likeness (QED) is 0.697. The number of amides is 1. The molecule has 1 N–H and O–H groups in total. The van der Waals surface area contributed by atoms with Crippen molar-refractivity contribution >= 4 is 33.0 Å². The van der Waals surface area contributed by atoms with Gasteiger partial charge in [0.25, 0.3) is 0 Å². The van der Waals surface area contributed by atoms with E-state index in [0.717, 1.165) is 37.6 Å². The van der Waals surface area contributed by atoms with Crippen molar-refractivity contribution in [3.05, 3.63) is 54.6 Å². The van der Waals surface area contributed by atoms with Crippen LogP contribution in [0.3, 0.4) is 0 Å². The van der Waals surface area contributed by atoms with Gasteiger partial charge in [0.05, 0.1) is 11.9 Å². The third-order valence-corrected chi connectivity index (χ3v) is 6.42. The highest BCUT2D eigenvalue weighted by atomic mass is 32.2. The molecule has 0 bridgehead atoms. The predicted molar refractivity (Wildman–Crippen MR) is 123 cm³/mol. The van der Waals surface area contributed by atoms with Crippen molar-refractivity contribution in [2.75, 3.05) is 60.5 Å². The average molecular weight is 431 g/mol. The Kier molecular flexibility index (Phi) is 7.33. The number of likely N-dealkylation sites (N-methyl/N-ethyl adjacent to an activating group) is 1. The molecule has 0 radical (unpaired) electrons. The average Bonchev–Trinajstić information content (AvgIpc) is 2.72. The molecule has 2 aromatic carbocycles. The molecule has 1 fully saturated rings. The number of para-hydroxylation sites is 1. The minimum atomic E-state index is -3.40. The van der Waals surface area contributed by atoms with Crippen LogP contribution >= 0.6 is 0 Å². The molecular weight excluding hydrogens is 400 g/mol. The maximum atomic E-state index is 12.3. The number of benzene rings is 2. The van der Waals surface area contributed by atoms with Gasteiger partial charge in [-0.2, -0.15) is 0 Å². The van der Waals surface area contributed by atoms with Gasteiger partial charge in [-0.1, -0.05) is 18.2 Å². The van der Waals surface area contributed by atoms with Crippen LogP contribution in [-0.4, -0.2) is 65.3 Å². The van der Waals surface area contributed by atoms with E-state index in [1.54, 1.807) is 24.3 Å². The molecule has 30 heavy (non-hydrogen) atoms. The number of anilines is 3. The molecule has 1 amide bonds. The fraction of sp³-hybridized carbons (Fsp3) is 0.409. The monoisotopic (exact) mass is 430 g/mol. The number of rotatable bonds is 8. The zero-order valence-corrected chi connectivity index (χ0v) is 18.4. The Bertz CT molecular complexity index is 925. The minimum Gasteiger partial charge on any atom is -0.369 e. The first-order valence-corrected chi connectivity index (χ1v) is 12.0. The number of hydrogen-bond donors (Lipinski definition) is 1. The predicted octanol–water partition coefficient (Wildman–Crippen LogP) is 2.62. The lowest BCUT2D eigenvalue weighted by atomic mass is 10.2. The van der Waals surface area contributed by atoms with Crippen molar-refractivity contribution in [1.82, 2.24) is 4.90 Å². The van der Waals surface area contributed by atoms with Gasteiger partial charge < -0.3 is 15.1 Å². The Labute approximate surface area is 179 Å². The number of sulfonamides is 1. The van der Waals surface area contributed by atoms with Gasteiger partial charge >= 0.3 is 0 Å². The van der Waals surface area contributed by atoms with E-state index in [-0.39, 0.29) is 18.9 Å². The van der Waals surface area contributed by atoms with Crippen LogP contribution in [0, 0.1) is 0 Å².